The number of benzene rings is 4. The van der Waals surface area contributed by atoms with Gasteiger partial charge in [-0.05, 0) is 22.3 Å². The van der Waals surface area contributed by atoms with Crippen molar-refractivity contribution in [3.8, 4) is 0 Å². The van der Waals surface area contributed by atoms with Crippen LogP contribution in [0.25, 0.3) is 0 Å². The van der Waals surface area contributed by atoms with Gasteiger partial charge >= 0.3 is 0 Å². The van der Waals surface area contributed by atoms with Crippen LogP contribution in [-0.4, -0.2) is 20.4 Å². The molecule has 4 rings (SSSR count). The molecule has 0 aliphatic rings. The fraction of sp³-hybridized carbons (Fsp3) is 0.300. The first-order valence-corrected chi connectivity index (χ1v) is 15.1. The molecule has 0 saturated heterocycles. The zero-order valence-corrected chi connectivity index (χ0v) is 30.1. The van der Waals surface area contributed by atoms with E-state index in [4.69, 9.17) is 0 Å². The van der Waals surface area contributed by atoms with Crippen LogP contribution in [0.15, 0.2) is 121 Å². The Labute approximate surface area is 287 Å². The van der Waals surface area contributed by atoms with Gasteiger partial charge in [-0.2, -0.15) is 0 Å². The van der Waals surface area contributed by atoms with Gasteiger partial charge in [0.25, 0.3) is 0 Å². The minimum Gasteiger partial charge on any atom is -0.391 e. The van der Waals surface area contributed by atoms with E-state index >= 15 is 0 Å². The van der Waals surface area contributed by atoms with E-state index < -0.39 is 24.4 Å². The van der Waals surface area contributed by atoms with Gasteiger partial charge in [-0.25, -0.2) is 0 Å². The first-order valence-electron chi connectivity index (χ1n) is 15.1. The molecule has 246 valence electrons. The molecule has 0 spiro atoms. The molecule has 0 amide bonds. The van der Waals surface area contributed by atoms with Gasteiger partial charge in [-0.15, -0.1) is 23.7 Å². The molecule has 0 aromatic heterocycles. The summed E-state index contributed by atoms with van der Waals surface area (Å²) >= 11 is 0. The molecule has 4 aromatic carbocycles. The maximum Gasteiger partial charge on any atom is 0.0544 e. The topological polar surface area (TPSA) is 80.9 Å². The molecule has 4 N–H and O–H groups in total. The molecule has 5 heteroatoms. The Morgan fingerprint density at radius 2 is 0.467 bits per heavy atom. The van der Waals surface area contributed by atoms with E-state index in [1.165, 1.54) is 0 Å². The summed E-state index contributed by atoms with van der Waals surface area (Å²) in [6.07, 6.45) is -1.74. The van der Waals surface area contributed by atoms with Gasteiger partial charge in [-0.3, -0.25) is 0 Å². The summed E-state index contributed by atoms with van der Waals surface area (Å²) in [5.74, 6) is 0.157. The summed E-state index contributed by atoms with van der Waals surface area (Å²) in [6.45, 7) is 22.7. The summed E-state index contributed by atoms with van der Waals surface area (Å²) in [5.41, 5.74) is 3.76. The second kappa shape index (κ2) is 23.7. The van der Waals surface area contributed by atoms with Crippen molar-refractivity contribution in [3.05, 3.63) is 171 Å². The number of hydrogen-bond acceptors (Lipinski definition) is 4. The third-order valence-corrected chi connectivity index (χ3v) is 6.72. The summed E-state index contributed by atoms with van der Waals surface area (Å²) in [4.78, 5) is 0. The Kier molecular flexibility index (Phi) is 22.3. The van der Waals surface area contributed by atoms with Gasteiger partial charge in [0.05, 0.1) is 24.4 Å². The van der Waals surface area contributed by atoms with Crippen LogP contribution >= 0.6 is 0 Å². The summed E-state index contributed by atoms with van der Waals surface area (Å²) < 4.78 is 0. The van der Waals surface area contributed by atoms with Crippen LogP contribution in [0.3, 0.4) is 0 Å². The van der Waals surface area contributed by atoms with Crippen LogP contribution in [0.4, 0.5) is 0 Å². The minimum atomic E-state index is -0.434. The molecule has 0 bridgehead atoms. The van der Waals surface area contributed by atoms with Crippen LogP contribution in [-0.2, 0) is 21.1 Å². The quantitative estimate of drug-likeness (QED) is 0.135. The van der Waals surface area contributed by atoms with E-state index in [2.05, 4.69) is 27.7 Å². The van der Waals surface area contributed by atoms with Crippen molar-refractivity contribution < 1.29 is 41.5 Å². The van der Waals surface area contributed by atoms with Crippen LogP contribution in [0, 0.1) is 51.4 Å². The zero-order chi connectivity index (χ0) is 33.1. The monoisotopic (exact) mass is 780 g/mol. The van der Waals surface area contributed by atoms with Crippen molar-refractivity contribution in [2.24, 2.45) is 23.7 Å². The number of aliphatic hydroxyl groups excluding tert-OH is 4. The standard InChI is InChI=1S/4C10H13O.W/c4*1-8(2)10(11)9-6-4-3-5-7-9;/h4*3-8,10-11H,1H2,2H3;/q4*-1;. The van der Waals surface area contributed by atoms with E-state index in [1.807, 2.05) is 149 Å². The second-order valence-electron chi connectivity index (χ2n) is 11.3. The van der Waals surface area contributed by atoms with Gasteiger partial charge < -0.3 is 48.1 Å². The molecule has 4 nitrogen and oxygen atoms in total. The maximum absolute atomic E-state index is 9.54. The van der Waals surface area contributed by atoms with E-state index in [1.54, 1.807) is 0 Å². The summed E-state index contributed by atoms with van der Waals surface area (Å²) in [7, 11) is 0. The first-order chi connectivity index (χ1) is 20.9. The van der Waals surface area contributed by atoms with Crippen molar-refractivity contribution in [1.29, 1.82) is 0 Å². The molecule has 0 heterocycles. The maximum atomic E-state index is 9.54. The summed E-state index contributed by atoms with van der Waals surface area (Å²) in [6, 6.07) is 38.4. The van der Waals surface area contributed by atoms with Crippen molar-refractivity contribution in [3.63, 3.8) is 0 Å². The molecule has 4 aromatic rings. The Bertz CT molecular complexity index is 1020. The molecule has 0 aliphatic heterocycles. The molecule has 45 heavy (non-hydrogen) atoms. The molecule has 0 radical (unpaired) electrons. The SMILES string of the molecule is [CH2-]C(C)C(O)c1ccccc1.[CH2-]C(C)C(O)c1ccccc1.[CH2-]C(C)C(O)c1ccccc1.[CH2-]C(C)C(O)c1ccccc1.[W]. The molecule has 8 atom stereocenters. The van der Waals surface area contributed by atoms with Gasteiger partial charge in [0.15, 0.2) is 0 Å². The van der Waals surface area contributed by atoms with Crippen LogP contribution in [0.5, 0.6) is 0 Å². The first kappa shape index (κ1) is 42.4. The molecular formula is C40H52O4W-4. The Balaban J connectivity index is 0.000000569. The van der Waals surface area contributed by atoms with Gasteiger partial charge in [0, 0.05) is 21.1 Å². The van der Waals surface area contributed by atoms with Crippen LogP contribution in [0.2, 0.25) is 0 Å². The molecule has 0 aliphatic carbocycles. The Morgan fingerprint density at radius 1 is 0.333 bits per heavy atom. The van der Waals surface area contributed by atoms with Crippen molar-refractivity contribution in [2.75, 3.05) is 0 Å². The third-order valence-electron chi connectivity index (χ3n) is 6.72. The Morgan fingerprint density at radius 3 is 0.578 bits per heavy atom. The van der Waals surface area contributed by atoms with Crippen molar-refractivity contribution in [2.45, 2.75) is 52.1 Å². The smallest absolute Gasteiger partial charge is 0.0544 e. The summed E-state index contributed by atoms with van der Waals surface area (Å²) in [5, 5.41) is 38.1. The zero-order valence-electron chi connectivity index (χ0n) is 27.2. The van der Waals surface area contributed by atoms with Crippen LogP contribution in [0.1, 0.15) is 74.4 Å². The van der Waals surface area contributed by atoms with Gasteiger partial charge in [0.2, 0.25) is 0 Å². The fourth-order valence-electron chi connectivity index (χ4n) is 3.91. The van der Waals surface area contributed by atoms with E-state index in [9.17, 15) is 20.4 Å². The van der Waals surface area contributed by atoms with E-state index in [0.29, 0.717) is 0 Å². The second-order valence-corrected chi connectivity index (χ2v) is 11.3. The third kappa shape index (κ3) is 17.1. The molecule has 0 saturated carbocycles. The normalized spacial score (nSPS) is 15.6. The Hall–Kier alpha value is -2.59. The van der Waals surface area contributed by atoms with Crippen molar-refractivity contribution in [1.82, 2.24) is 0 Å². The van der Waals surface area contributed by atoms with E-state index in [-0.39, 0.29) is 44.7 Å². The largest absolute Gasteiger partial charge is 0.391 e. The predicted molar refractivity (Wildman–Crippen MR) is 184 cm³/mol. The predicted octanol–water partition coefficient (Wildman–Crippen LogP) is 8.76. The van der Waals surface area contributed by atoms with E-state index in [0.717, 1.165) is 22.3 Å². The van der Waals surface area contributed by atoms with Crippen molar-refractivity contribution >= 4 is 0 Å². The van der Waals surface area contributed by atoms with Gasteiger partial charge in [0.1, 0.15) is 0 Å². The minimum absolute atomic E-state index is 0. The number of hydrogen-bond donors (Lipinski definition) is 4. The molecule has 0 fully saturated rings. The average Bonchev–Trinajstić information content (AvgIpc) is 3.05. The molecule has 8 unspecified atom stereocenters. The van der Waals surface area contributed by atoms with Gasteiger partial charge in [-0.1, -0.05) is 149 Å². The average molecular weight is 781 g/mol. The number of rotatable bonds is 8. The molecular weight excluding hydrogens is 728 g/mol. The number of aliphatic hydroxyl groups is 4. The fourth-order valence-corrected chi connectivity index (χ4v) is 3.91. The van der Waals surface area contributed by atoms with Crippen LogP contribution < -0.4 is 0 Å².